The van der Waals surface area contributed by atoms with E-state index < -0.39 is 0 Å². The Morgan fingerprint density at radius 3 is 1.43 bits per heavy atom. The minimum absolute atomic E-state index is 0.844. The maximum Gasteiger partial charge on any atom is 0.0437 e. The Bertz CT molecular complexity index is 18.1. The van der Waals surface area contributed by atoms with Crippen LogP contribution < -0.4 is 0 Å². The third-order valence-electron chi connectivity index (χ3n) is 0.408. The highest BCUT2D eigenvalue weighted by molar-refractivity contribution is 4.22. The van der Waals surface area contributed by atoms with Gasteiger partial charge < -0.3 is 4.74 Å². The number of hydrogen-bond acceptors (Lipinski definition) is 1. The van der Waals surface area contributed by atoms with Crippen LogP contribution in [0.4, 0.5) is 0 Å². The highest BCUT2D eigenvalue weighted by Gasteiger charge is 1.64. The number of ether oxygens (including phenoxy) is 1. The van der Waals surface area contributed by atoms with Gasteiger partial charge in [-0.25, -0.2) is 0 Å². The summed E-state index contributed by atoms with van der Waals surface area (Å²) in [5, 5.41) is 0. The Hall–Kier alpha value is -0.300. The number of hydrogen-bond donors (Lipinski definition) is 0. The maximum atomic E-state index is 4.83. The lowest BCUT2D eigenvalue weighted by Crippen LogP contribution is -1.84. The molecular weight excluding hydrogens is 88.1 g/mol. The third kappa shape index (κ3) is 27.0. The van der Waals surface area contributed by atoms with E-state index in [0.717, 1.165) is 13.2 Å². The summed E-state index contributed by atoms with van der Waals surface area (Å²) in [6.07, 6.45) is 0. The summed E-state index contributed by atoms with van der Waals surface area (Å²) in [6, 6.07) is 0. The zero-order valence-corrected chi connectivity index (χ0v) is 5.24. The molecule has 7 heavy (non-hydrogen) atoms. The first-order chi connectivity index (χ1) is 3.41. The molecule has 1 heteroatoms. The van der Waals surface area contributed by atoms with Crippen molar-refractivity contribution in [2.75, 3.05) is 13.2 Å². The Balaban J connectivity index is 0. The van der Waals surface area contributed by atoms with E-state index in [4.69, 9.17) is 4.74 Å². The molecule has 0 aromatic carbocycles. The van der Waals surface area contributed by atoms with Gasteiger partial charge in [0.15, 0.2) is 0 Å². The fourth-order valence-corrected chi connectivity index (χ4v) is 0.204. The molecule has 0 rings (SSSR count). The molecule has 0 unspecified atom stereocenters. The first-order valence-electron chi connectivity index (χ1n) is 2.49. The van der Waals surface area contributed by atoms with Gasteiger partial charge in [-0.3, -0.25) is 0 Å². The standard InChI is InChI=1S/C4H10O.C2H4/c1-3-5-4-2;1-2/h3-4H2,1-2H3;1-2H2. The molecule has 0 fully saturated rings. The summed E-state index contributed by atoms with van der Waals surface area (Å²) in [5.41, 5.74) is 0. The van der Waals surface area contributed by atoms with E-state index in [1.807, 2.05) is 13.8 Å². The van der Waals surface area contributed by atoms with Crippen LogP contribution in [0.5, 0.6) is 0 Å². The molecule has 0 aromatic rings. The highest BCUT2D eigenvalue weighted by atomic mass is 16.5. The summed E-state index contributed by atoms with van der Waals surface area (Å²) in [4.78, 5) is 0. The Kier molecular flexibility index (Phi) is 24.3. The average Bonchev–Trinajstić information content (AvgIpc) is 1.75. The summed E-state index contributed by atoms with van der Waals surface area (Å²) >= 11 is 0. The summed E-state index contributed by atoms with van der Waals surface area (Å²) in [5.74, 6) is 0. The van der Waals surface area contributed by atoms with E-state index >= 15 is 0 Å². The maximum absolute atomic E-state index is 4.83. The van der Waals surface area contributed by atoms with Gasteiger partial charge in [0.05, 0.1) is 0 Å². The molecule has 0 atom stereocenters. The van der Waals surface area contributed by atoms with Crippen LogP contribution in [-0.4, -0.2) is 13.2 Å². The molecule has 0 saturated heterocycles. The minimum atomic E-state index is 0.844. The lowest BCUT2D eigenvalue weighted by molar-refractivity contribution is 0.162. The van der Waals surface area contributed by atoms with Gasteiger partial charge in [-0.2, -0.15) is 0 Å². The van der Waals surface area contributed by atoms with Gasteiger partial charge in [-0.05, 0) is 13.8 Å². The molecule has 0 aliphatic heterocycles. The normalized spacial score (nSPS) is 6.57. The van der Waals surface area contributed by atoms with Crippen LogP contribution in [0.2, 0.25) is 0 Å². The first-order valence-corrected chi connectivity index (χ1v) is 2.49. The van der Waals surface area contributed by atoms with Crippen LogP contribution in [0.25, 0.3) is 0 Å². The van der Waals surface area contributed by atoms with E-state index in [2.05, 4.69) is 13.2 Å². The van der Waals surface area contributed by atoms with E-state index in [9.17, 15) is 0 Å². The zero-order chi connectivity index (χ0) is 6.12. The van der Waals surface area contributed by atoms with Crippen LogP contribution in [0.3, 0.4) is 0 Å². The SMILES string of the molecule is C=C.CCOCC. The van der Waals surface area contributed by atoms with Crippen molar-refractivity contribution < 1.29 is 4.74 Å². The molecule has 0 saturated carbocycles. The van der Waals surface area contributed by atoms with E-state index in [1.54, 1.807) is 0 Å². The van der Waals surface area contributed by atoms with E-state index in [0.29, 0.717) is 0 Å². The summed E-state index contributed by atoms with van der Waals surface area (Å²) in [6.45, 7) is 11.7. The molecule has 44 valence electrons. The second-order valence-electron chi connectivity index (χ2n) is 0.781. The molecule has 0 amide bonds. The topological polar surface area (TPSA) is 9.23 Å². The first kappa shape index (κ1) is 9.85. The fourth-order valence-electron chi connectivity index (χ4n) is 0.204. The van der Waals surface area contributed by atoms with Crippen molar-refractivity contribution in [1.29, 1.82) is 0 Å². The molecule has 0 radical (unpaired) electrons. The quantitative estimate of drug-likeness (QED) is 0.483. The molecule has 0 N–H and O–H groups in total. The van der Waals surface area contributed by atoms with Crippen LogP contribution in [-0.2, 0) is 4.74 Å². The largest absolute Gasteiger partial charge is 0.382 e. The van der Waals surface area contributed by atoms with Gasteiger partial charge in [0.25, 0.3) is 0 Å². The van der Waals surface area contributed by atoms with Gasteiger partial charge in [0.2, 0.25) is 0 Å². The Labute approximate surface area is 46.0 Å². The van der Waals surface area contributed by atoms with Crippen molar-refractivity contribution in [2.45, 2.75) is 13.8 Å². The molecule has 0 aliphatic rings. The van der Waals surface area contributed by atoms with Crippen molar-refractivity contribution in [2.24, 2.45) is 0 Å². The smallest absolute Gasteiger partial charge is 0.0437 e. The molecule has 0 heterocycles. The predicted molar refractivity (Wildman–Crippen MR) is 33.4 cm³/mol. The number of rotatable bonds is 2. The van der Waals surface area contributed by atoms with E-state index in [1.165, 1.54) is 0 Å². The van der Waals surface area contributed by atoms with Gasteiger partial charge in [-0.1, -0.05) is 0 Å². The molecule has 0 bridgehead atoms. The van der Waals surface area contributed by atoms with Crippen molar-refractivity contribution in [1.82, 2.24) is 0 Å². The van der Waals surface area contributed by atoms with Crippen molar-refractivity contribution in [3.8, 4) is 0 Å². The summed E-state index contributed by atoms with van der Waals surface area (Å²) < 4.78 is 4.83. The predicted octanol–water partition coefficient (Wildman–Crippen LogP) is 1.84. The zero-order valence-electron chi connectivity index (χ0n) is 5.24. The van der Waals surface area contributed by atoms with Gasteiger partial charge in [0.1, 0.15) is 0 Å². The lowest BCUT2D eigenvalue weighted by Gasteiger charge is -1.86. The van der Waals surface area contributed by atoms with Crippen LogP contribution in [0.1, 0.15) is 13.8 Å². The molecule has 1 nitrogen and oxygen atoms in total. The van der Waals surface area contributed by atoms with Crippen LogP contribution >= 0.6 is 0 Å². The average molecular weight is 102 g/mol. The second-order valence-corrected chi connectivity index (χ2v) is 0.781. The third-order valence-corrected chi connectivity index (χ3v) is 0.408. The molecule has 0 aromatic heterocycles. The van der Waals surface area contributed by atoms with Crippen molar-refractivity contribution in [3.63, 3.8) is 0 Å². The molecular formula is C6H14O. The van der Waals surface area contributed by atoms with Crippen LogP contribution in [0.15, 0.2) is 13.2 Å². The lowest BCUT2D eigenvalue weighted by atomic mass is 10.8. The minimum Gasteiger partial charge on any atom is -0.382 e. The van der Waals surface area contributed by atoms with Gasteiger partial charge >= 0.3 is 0 Å². The molecule has 0 aliphatic carbocycles. The highest BCUT2D eigenvalue weighted by Crippen LogP contribution is 1.64. The Morgan fingerprint density at radius 1 is 1.14 bits per heavy atom. The fraction of sp³-hybridized carbons (Fsp3) is 0.667. The monoisotopic (exact) mass is 102 g/mol. The second kappa shape index (κ2) is 17.3. The van der Waals surface area contributed by atoms with E-state index in [-0.39, 0.29) is 0 Å². The van der Waals surface area contributed by atoms with Gasteiger partial charge in [0, 0.05) is 13.2 Å². The van der Waals surface area contributed by atoms with Crippen molar-refractivity contribution in [3.05, 3.63) is 13.2 Å². The summed E-state index contributed by atoms with van der Waals surface area (Å²) in [7, 11) is 0. The van der Waals surface area contributed by atoms with Gasteiger partial charge in [-0.15, -0.1) is 13.2 Å². The molecule has 0 spiro atoms. The van der Waals surface area contributed by atoms with Crippen molar-refractivity contribution >= 4 is 0 Å². The van der Waals surface area contributed by atoms with Crippen LogP contribution in [0, 0.1) is 0 Å². The Morgan fingerprint density at radius 2 is 1.43 bits per heavy atom.